The van der Waals surface area contributed by atoms with Gasteiger partial charge in [0.1, 0.15) is 0 Å². The van der Waals surface area contributed by atoms with E-state index >= 15 is 0 Å². The Morgan fingerprint density at radius 2 is 1.86 bits per heavy atom. The number of halogens is 2. The van der Waals surface area contributed by atoms with Crippen LogP contribution in [-0.2, 0) is 4.79 Å². The van der Waals surface area contributed by atoms with Crippen LogP contribution < -0.4 is 16.0 Å². The van der Waals surface area contributed by atoms with Gasteiger partial charge in [-0.3, -0.25) is 9.59 Å². The Kier molecular flexibility index (Phi) is 6.65. The fraction of sp³-hybridized carbons (Fsp3) is 0.400. The fourth-order valence-electron chi connectivity index (χ4n) is 4.13. The summed E-state index contributed by atoms with van der Waals surface area (Å²) < 4.78 is 5.11. The van der Waals surface area contributed by atoms with Crippen molar-refractivity contribution in [3.05, 3.63) is 47.4 Å². The number of furan rings is 1. The summed E-state index contributed by atoms with van der Waals surface area (Å²) in [6.45, 7) is 0. The molecule has 1 aromatic heterocycles. The van der Waals surface area contributed by atoms with Crippen molar-refractivity contribution in [2.75, 3.05) is 10.6 Å². The average Bonchev–Trinajstić information content (AvgIpc) is 3.27. The summed E-state index contributed by atoms with van der Waals surface area (Å²) in [5.41, 5.74) is 0.976. The minimum absolute atomic E-state index is 0. The molecule has 3 heterocycles. The average molecular weight is 424 g/mol. The minimum atomic E-state index is -0.396. The minimum Gasteiger partial charge on any atom is -0.459 e. The molecule has 0 spiro atoms. The summed E-state index contributed by atoms with van der Waals surface area (Å²) in [5, 5.41) is 9.73. The molecule has 0 saturated carbocycles. The van der Waals surface area contributed by atoms with E-state index in [1.54, 1.807) is 30.3 Å². The van der Waals surface area contributed by atoms with Gasteiger partial charge in [0.05, 0.1) is 17.6 Å². The molecule has 2 aliphatic heterocycles. The Morgan fingerprint density at radius 1 is 1.11 bits per heavy atom. The third-order valence-electron chi connectivity index (χ3n) is 5.29. The zero-order valence-electron chi connectivity index (χ0n) is 15.2. The van der Waals surface area contributed by atoms with Crippen LogP contribution in [0.2, 0.25) is 5.02 Å². The number of carbonyl (C=O) groups is 2. The van der Waals surface area contributed by atoms with Gasteiger partial charge in [-0.25, -0.2) is 0 Å². The quantitative estimate of drug-likeness (QED) is 0.662. The monoisotopic (exact) mass is 423 g/mol. The van der Waals surface area contributed by atoms with E-state index < -0.39 is 5.91 Å². The molecule has 150 valence electrons. The van der Waals surface area contributed by atoms with Gasteiger partial charge in [-0.2, -0.15) is 0 Å². The largest absolute Gasteiger partial charge is 0.459 e. The van der Waals surface area contributed by atoms with Gasteiger partial charge in [0.25, 0.3) is 5.91 Å². The van der Waals surface area contributed by atoms with Crippen LogP contribution in [0.5, 0.6) is 0 Å². The van der Waals surface area contributed by atoms with Gasteiger partial charge in [-0.15, -0.1) is 12.4 Å². The van der Waals surface area contributed by atoms with E-state index in [0.29, 0.717) is 40.8 Å². The lowest BCUT2D eigenvalue weighted by molar-refractivity contribution is -0.117. The molecule has 2 aliphatic rings. The molecule has 2 unspecified atom stereocenters. The Balaban J connectivity index is 0.00000225. The third-order valence-corrected chi connectivity index (χ3v) is 5.53. The molecule has 2 saturated heterocycles. The first-order valence-corrected chi connectivity index (χ1v) is 9.65. The van der Waals surface area contributed by atoms with E-state index in [1.165, 1.54) is 19.1 Å². The highest BCUT2D eigenvalue weighted by molar-refractivity contribution is 6.31. The van der Waals surface area contributed by atoms with Crippen molar-refractivity contribution in [2.24, 2.45) is 5.92 Å². The van der Waals surface area contributed by atoms with Crippen LogP contribution in [0.15, 0.2) is 41.0 Å². The molecule has 0 aliphatic carbocycles. The maximum absolute atomic E-state index is 12.6. The van der Waals surface area contributed by atoms with Crippen LogP contribution in [0, 0.1) is 5.92 Å². The molecule has 4 rings (SSSR count). The standard InChI is InChI=1S/C20H22ClN3O3.ClH/c21-13-3-6-16(17(11-13)24-20(26)18-2-1-7-27-18)23-19(25)10-12-8-14-4-5-15(9-12)22-14;/h1-3,6-7,11-12,14-15,22H,4-5,8-10H2,(H,23,25)(H,24,26);1H. The summed E-state index contributed by atoms with van der Waals surface area (Å²) in [6.07, 6.45) is 6.44. The predicted octanol–water partition coefficient (Wildman–Crippen LogP) is 4.47. The smallest absolute Gasteiger partial charge is 0.291 e. The van der Waals surface area contributed by atoms with Crippen molar-refractivity contribution >= 4 is 47.2 Å². The molecule has 28 heavy (non-hydrogen) atoms. The van der Waals surface area contributed by atoms with Crippen LogP contribution >= 0.6 is 24.0 Å². The zero-order chi connectivity index (χ0) is 18.8. The Hall–Kier alpha value is -2.02. The van der Waals surface area contributed by atoms with E-state index in [4.69, 9.17) is 16.0 Å². The normalized spacial score (nSPS) is 23.0. The first kappa shape index (κ1) is 20.7. The summed E-state index contributed by atoms with van der Waals surface area (Å²) in [5.74, 6) is 0.152. The highest BCUT2D eigenvalue weighted by atomic mass is 35.5. The van der Waals surface area contributed by atoms with Crippen molar-refractivity contribution < 1.29 is 14.0 Å². The second-order valence-corrected chi connectivity index (χ2v) is 7.79. The lowest BCUT2D eigenvalue weighted by Crippen LogP contribution is -2.39. The molecule has 2 atom stereocenters. The van der Waals surface area contributed by atoms with E-state index in [2.05, 4.69) is 16.0 Å². The first-order chi connectivity index (χ1) is 13.1. The lowest BCUT2D eigenvalue weighted by atomic mass is 9.89. The second kappa shape index (κ2) is 8.99. The number of piperidine rings is 1. The zero-order valence-corrected chi connectivity index (χ0v) is 16.8. The van der Waals surface area contributed by atoms with Crippen molar-refractivity contribution in [2.45, 2.75) is 44.2 Å². The number of hydrogen-bond acceptors (Lipinski definition) is 4. The molecule has 1 aromatic carbocycles. The SMILES string of the molecule is Cl.O=C(CC1CC2CCC(C1)N2)Nc1ccc(Cl)cc1NC(=O)c1ccco1. The van der Waals surface area contributed by atoms with E-state index in [9.17, 15) is 9.59 Å². The Labute approximate surface area is 174 Å². The lowest BCUT2D eigenvalue weighted by Gasteiger charge is -2.28. The molecule has 2 fully saturated rings. The molecular formula is C20H23Cl2N3O3. The molecule has 2 bridgehead atoms. The first-order valence-electron chi connectivity index (χ1n) is 9.27. The van der Waals surface area contributed by atoms with Crippen molar-refractivity contribution in [1.82, 2.24) is 5.32 Å². The van der Waals surface area contributed by atoms with E-state index in [1.807, 2.05) is 0 Å². The highest BCUT2D eigenvalue weighted by Crippen LogP contribution is 2.33. The maximum Gasteiger partial charge on any atom is 0.291 e. The summed E-state index contributed by atoms with van der Waals surface area (Å²) >= 11 is 6.06. The van der Waals surface area contributed by atoms with Crippen molar-refractivity contribution in [3.63, 3.8) is 0 Å². The van der Waals surface area contributed by atoms with Gasteiger partial charge in [0, 0.05) is 23.5 Å². The van der Waals surface area contributed by atoms with Gasteiger partial charge < -0.3 is 20.4 Å². The number of amides is 2. The summed E-state index contributed by atoms with van der Waals surface area (Å²) in [7, 11) is 0. The predicted molar refractivity (Wildman–Crippen MR) is 111 cm³/mol. The van der Waals surface area contributed by atoms with Gasteiger partial charge in [-0.05, 0) is 61.9 Å². The summed E-state index contributed by atoms with van der Waals surface area (Å²) in [6, 6.07) is 9.32. The summed E-state index contributed by atoms with van der Waals surface area (Å²) in [4.78, 5) is 24.8. The Bertz CT molecular complexity index is 829. The van der Waals surface area contributed by atoms with Crippen LogP contribution in [0.4, 0.5) is 11.4 Å². The molecular weight excluding hydrogens is 401 g/mol. The van der Waals surface area contributed by atoms with Crippen molar-refractivity contribution in [1.29, 1.82) is 0 Å². The number of benzene rings is 1. The molecule has 2 aromatic rings. The van der Waals surface area contributed by atoms with Crippen LogP contribution in [0.25, 0.3) is 0 Å². The second-order valence-electron chi connectivity index (χ2n) is 7.35. The molecule has 2 amide bonds. The third kappa shape index (κ3) is 4.87. The van der Waals surface area contributed by atoms with Gasteiger partial charge in [0.15, 0.2) is 5.76 Å². The topological polar surface area (TPSA) is 83.4 Å². The van der Waals surface area contributed by atoms with Crippen LogP contribution in [-0.4, -0.2) is 23.9 Å². The molecule has 3 N–H and O–H groups in total. The highest BCUT2D eigenvalue weighted by Gasteiger charge is 2.34. The van der Waals surface area contributed by atoms with Crippen LogP contribution in [0.3, 0.4) is 0 Å². The number of fused-ring (bicyclic) bond motifs is 2. The molecule has 6 nitrogen and oxygen atoms in total. The number of nitrogens with one attached hydrogen (secondary N) is 3. The van der Waals surface area contributed by atoms with E-state index in [0.717, 1.165) is 12.8 Å². The Morgan fingerprint density at radius 3 is 2.54 bits per heavy atom. The number of anilines is 2. The number of carbonyl (C=O) groups excluding carboxylic acids is 2. The molecule has 8 heteroatoms. The van der Waals surface area contributed by atoms with Crippen LogP contribution in [0.1, 0.15) is 42.7 Å². The van der Waals surface area contributed by atoms with E-state index in [-0.39, 0.29) is 24.1 Å². The number of hydrogen-bond donors (Lipinski definition) is 3. The van der Waals surface area contributed by atoms with Crippen molar-refractivity contribution in [3.8, 4) is 0 Å². The van der Waals surface area contributed by atoms with Gasteiger partial charge >= 0.3 is 0 Å². The van der Waals surface area contributed by atoms with Gasteiger partial charge in [-0.1, -0.05) is 11.6 Å². The fourth-order valence-corrected chi connectivity index (χ4v) is 4.30. The number of rotatable bonds is 5. The maximum atomic E-state index is 12.6. The molecule has 0 radical (unpaired) electrons. The van der Waals surface area contributed by atoms with Gasteiger partial charge in [0.2, 0.25) is 5.91 Å².